The van der Waals surface area contributed by atoms with Gasteiger partial charge < -0.3 is 15.1 Å². The normalized spacial score (nSPS) is 15.1. The maximum atomic E-state index is 13.4. The molecule has 7 nitrogen and oxygen atoms in total. The monoisotopic (exact) mass is 405 g/mol. The first-order valence-corrected chi connectivity index (χ1v) is 9.11. The fourth-order valence-corrected chi connectivity index (χ4v) is 3.16. The summed E-state index contributed by atoms with van der Waals surface area (Å²) in [6.07, 6.45) is 1.42. The van der Waals surface area contributed by atoms with Crippen LogP contribution in [0.15, 0.2) is 36.7 Å². The molecule has 1 aromatic carbocycles. The highest BCUT2D eigenvalue weighted by atomic mass is 35.5. The fraction of sp³-hybridized carbons (Fsp3) is 0.278. The number of anilines is 3. The number of rotatable bonds is 4. The topological polar surface area (TPSA) is 62.1 Å². The summed E-state index contributed by atoms with van der Waals surface area (Å²) >= 11 is 6.19. The van der Waals surface area contributed by atoms with Crippen molar-refractivity contribution in [3.8, 4) is 5.69 Å². The van der Waals surface area contributed by atoms with Gasteiger partial charge in [0.1, 0.15) is 17.3 Å². The summed E-state index contributed by atoms with van der Waals surface area (Å²) in [5.41, 5.74) is 1.06. The molecule has 1 saturated heterocycles. The number of pyridine rings is 1. The van der Waals surface area contributed by atoms with Crippen LogP contribution in [0.1, 0.15) is 0 Å². The van der Waals surface area contributed by atoms with Crippen molar-refractivity contribution in [2.45, 2.75) is 0 Å². The van der Waals surface area contributed by atoms with E-state index in [-0.39, 0.29) is 0 Å². The molecule has 28 heavy (non-hydrogen) atoms. The SMILES string of the molecule is CN1CCN(c2cc(Nc3ncn(-c4ccc(F)c(F)c4)n3)cc(Cl)n2)CC1. The van der Waals surface area contributed by atoms with Crippen molar-refractivity contribution < 1.29 is 8.78 Å². The van der Waals surface area contributed by atoms with Gasteiger partial charge in [0.05, 0.1) is 5.69 Å². The maximum Gasteiger partial charge on any atom is 0.246 e. The van der Waals surface area contributed by atoms with E-state index in [0.29, 0.717) is 22.5 Å². The van der Waals surface area contributed by atoms with E-state index in [1.165, 1.54) is 17.1 Å². The summed E-state index contributed by atoms with van der Waals surface area (Å²) in [4.78, 5) is 13.0. The Balaban J connectivity index is 1.53. The Morgan fingerprint density at radius 3 is 2.57 bits per heavy atom. The summed E-state index contributed by atoms with van der Waals surface area (Å²) in [7, 11) is 2.09. The van der Waals surface area contributed by atoms with Gasteiger partial charge in [0.15, 0.2) is 11.6 Å². The molecule has 3 aromatic rings. The second kappa shape index (κ2) is 7.69. The zero-order valence-electron chi connectivity index (χ0n) is 15.1. The number of hydrogen-bond donors (Lipinski definition) is 1. The third-order valence-corrected chi connectivity index (χ3v) is 4.72. The zero-order valence-corrected chi connectivity index (χ0v) is 15.9. The number of nitrogens with zero attached hydrogens (tertiary/aromatic N) is 6. The third-order valence-electron chi connectivity index (χ3n) is 4.52. The third kappa shape index (κ3) is 4.05. The molecule has 0 bridgehead atoms. The van der Waals surface area contributed by atoms with E-state index in [1.807, 2.05) is 6.07 Å². The van der Waals surface area contributed by atoms with Crippen LogP contribution in [0.5, 0.6) is 0 Å². The van der Waals surface area contributed by atoms with Gasteiger partial charge in [0.2, 0.25) is 5.95 Å². The molecule has 0 aliphatic carbocycles. The van der Waals surface area contributed by atoms with Crippen molar-refractivity contribution in [1.29, 1.82) is 0 Å². The number of benzene rings is 1. The van der Waals surface area contributed by atoms with E-state index < -0.39 is 11.6 Å². The predicted molar refractivity (Wildman–Crippen MR) is 104 cm³/mol. The molecule has 1 fully saturated rings. The molecule has 1 aliphatic heterocycles. The van der Waals surface area contributed by atoms with Crippen molar-refractivity contribution in [2.75, 3.05) is 43.4 Å². The lowest BCUT2D eigenvalue weighted by molar-refractivity contribution is 0.312. The van der Waals surface area contributed by atoms with Crippen molar-refractivity contribution >= 4 is 29.1 Å². The Hall–Kier alpha value is -2.78. The van der Waals surface area contributed by atoms with Crippen LogP contribution in [0, 0.1) is 11.6 Å². The van der Waals surface area contributed by atoms with Gasteiger partial charge in [0.25, 0.3) is 0 Å². The minimum atomic E-state index is -0.944. The molecule has 3 heterocycles. The van der Waals surface area contributed by atoms with Crippen LogP contribution >= 0.6 is 11.6 Å². The van der Waals surface area contributed by atoms with Gasteiger partial charge in [-0.3, -0.25) is 0 Å². The maximum absolute atomic E-state index is 13.4. The summed E-state index contributed by atoms with van der Waals surface area (Å²) in [5.74, 6) is -0.773. The molecule has 0 spiro atoms. The number of piperazine rings is 1. The molecular weight excluding hydrogens is 388 g/mol. The minimum absolute atomic E-state index is 0.302. The van der Waals surface area contributed by atoms with E-state index in [4.69, 9.17) is 11.6 Å². The highest BCUT2D eigenvalue weighted by molar-refractivity contribution is 6.29. The molecule has 2 aromatic heterocycles. The van der Waals surface area contributed by atoms with Gasteiger partial charge in [-0.05, 0) is 25.2 Å². The average molecular weight is 406 g/mol. The van der Waals surface area contributed by atoms with E-state index in [0.717, 1.165) is 44.1 Å². The first-order valence-electron chi connectivity index (χ1n) is 8.73. The zero-order chi connectivity index (χ0) is 19.7. The van der Waals surface area contributed by atoms with E-state index in [2.05, 4.69) is 37.2 Å². The van der Waals surface area contributed by atoms with Gasteiger partial charge in [-0.1, -0.05) is 11.6 Å². The van der Waals surface area contributed by atoms with E-state index in [9.17, 15) is 8.78 Å². The quantitative estimate of drug-likeness (QED) is 0.673. The van der Waals surface area contributed by atoms with Crippen LogP contribution in [0.3, 0.4) is 0 Å². The van der Waals surface area contributed by atoms with E-state index in [1.54, 1.807) is 6.07 Å². The highest BCUT2D eigenvalue weighted by Gasteiger charge is 2.17. The molecule has 0 amide bonds. The van der Waals surface area contributed by atoms with Crippen LogP contribution in [-0.4, -0.2) is 57.9 Å². The van der Waals surface area contributed by atoms with Gasteiger partial charge in [-0.2, -0.15) is 4.98 Å². The molecule has 0 atom stereocenters. The second-order valence-corrected chi connectivity index (χ2v) is 6.95. The lowest BCUT2D eigenvalue weighted by atomic mass is 10.3. The summed E-state index contributed by atoms with van der Waals surface area (Å²) in [6.45, 7) is 3.65. The Morgan fingerprint density at radius 1 is 1.04 bits per heavy atom. The summed E-state index contributed by atoms with van der Waals surface area (Å²) in [6, 6.07) is 7.09. The van der Waals surface area contributed by atoms with Crippen LogP contribution in [0.2, 0.25) is 5.15 Å². The predicted octanol–water partition coefficient (Wildman–Crippen LogP) is 3.09. The molecule has 10 heteroatoms. The first kappa shape index (κ1) is 18.6. The molecule has 0 unspecified atom stereocenters. The number of likely N-dealkylation sites (N-methyl/N-ethyl adjacent to an activating group) is 1. The molecule has 4 rings (SSSR count). The van der Waals surface area contributed by atoms with E-state index >= 15 is 0 Å². The van der Waals surface area contributed by atoms with Crippen LogP contribution < -0.4 is 10.2 Å². The largest absolute Gasteiger partial charge is 0.354 e. The Morgan fingerprint density at radius 2 is 1.82 bits per heavy atom. The molecular formula is C18H18ClF2N7. The fourth-order valence-electron chi connectivity index (χ4n) is 2.95. The number of halogens is 3. The lowest BCUT2D eigenvalue weighted by Crippen LogP contribution is -2.44. The standard InChI is InChI=1S/C18H18ClF2N7/c1-26-4-6-27(7-5-26)17-9-12(8-16(19)24-17)23-18-22-11-28(25-18)13-2-3-14(20)15(21)10-13/h2-3,8-11H,4-7H2,1H3,(H,23,24,25). The Labute approximate surface area is 165 Å². The minimum Gasteiger partial charge on any atom is -0.354 e. The number of aromatic nitrogens is 4. The first-order chi connectivity index (χ1) is 13.5. The van der Waals surface area contributed by atoms with Gasteiger partial charge in [-0.15, -0.1) is 5.10 Å². The molecule has 0 radical (unpaired) electrons. The number of hydrogen-bond acceptors (Lipinski definition) is 6. The van der Waals surface area contributed by atoms with Gasteiger partial charge >= 0.3 is 0 Å². The second-order valence-electron chi connectivity index (χ2n) is 6.56. The molecule has 0 saturated carbocycles. The van der Waals surface area contributed by atoms with Crippen LogP contribution in [-0.2, 0) is 0 Å². The molecule has 1 N–H and O–H groups in total. The van der Waals surface area contributed by atoms with Crippen molar-refractivity contribution in [2.24, 2.45) is 0 Å². The number of nitrogens with one attached hydrogen (secondary N) is 1. The summed E-state index contributed by atoms with van der Waals surface area (Å²) < 4.78 is 27.9. The van der Waals surface area contributed by atoms with Crippen molar-refractivity contribution in [3.63, 3.8) is 0 Å². The highest BCUT2D eigenvalue weighted by Crippen LogP contribution is 2.24. The Kier molecular flexibility index (Phi) is 5.10. The van der Waals surface area contributed by atoms with Gasteiger partial charge in [0, 0.05) is 44.0 Å². The van der Waals surface area contributed by atoms with Crippen molar-refractivity contribution in [3.05, 3.63) is 53.4 Å². The van der Waals surface area contributed by atoms with Crippen LogP contribution in [0.4, 0.5) is 26.2 Å². The van der Waals surface area contributed by atoms with Gasteiger partial charge in [-0.25, -0.2) is 18.4 Å². The lowest BCUT2D eigenvalue weighted by Gasteiger charge is -2.33. The smallest absolute Gasteiger partial charge is 0.246 e. The molecule has 146 valence electrons. The Bertz CT molecular complexity index is 986. The summed E-state index contributed by atoms with van der Waals surface area (Å²) in [5, 5.41) is 7.69. The van der Waals surface area contributed by atoms with Crippen molar-refractivity contribution in [1.82, 2.24) is 24.6 Å². The van der Waals surface area contributed by atoms with Crippen LogP contribution in [0.25, 0.3) is 5.69 Å². The molecule has 1 aliphatic rings. The average Bonchev–Trinajstić information content (AvgIpc) is 3.12.